The number of hydrogen-bond acceptors (Lipinski definition) is 4. The average molecular weight is 285 g/mol. The molecule has 7 heteroatoms. The quantitative estimate of drug-likeness (QED) is 0.711. The SMILES string of the molecule is Nc1cc2c(cc1N(CCO)CC(F)F)NC(=O)CC2. The predicted octanol–water partition coefficient (Wildman–Crippen LogP) is 1.22. The minimum absolute atomic E-state index is 0.0568. The van der Waals surface area contributed by atoms with Crippen molar-refractivity contribution in [2.75, 3.05) is 35.6 Å². The Morgan fingerprint density at radius 2 is 2.15 bits per heavy atom. The molecule has 1 aromatic rings. The van der Waals surface area contributed by atoms with E-state index in [4.69, 9.17) is 10.8 Å². The number of carbonyl (C=O) groups is 1. The fraction of sp³-hybridized carbons (Fsp3) is 0.462. The highest BCUT2D eigenvalue weighted by atomic mass is 19.3. The summed E-state index contributed by atoms with van der Waals surface area (Å²) in [6.45, 7) is -0.714. The molecule has 0 unspecified atom stereocenters. The highest BCUT2D eigenvalue weighted by Crippen LogP contribution is 2.33. The van der Waals surface area contributed by atoms with Crippen LogP contribution < -0.4 is 16.0 Å². The number of nitrogens with one attached hydrogen (secondary N) is 1. The molecule has 0 atom stereocenters. The van der Waals surface area contributed by atoms with Crippen LogP contribution in [0.15, 0.2) is 12.1 Å². The molecule has 0 aliphatic carbocycles. The second-order valence-corrected chi connectivity index (χ2v) is 4.68. The van der Waals surface area contributed by atoms with Crippen LogP contribution in [0.25, 0.3) is 0 Å². The monoisotopic (exact) mass is 285 g/mol. The molecule has 1 aromatic carbocycles. The first-order chi connectivity index (χ1) is 9.51. The molecule has 0 fully saturated rings. The second kappa shape index (κ2) is 6.04. The van der Waals surface area contributed by atoms with Gasteiger partial charge in [-0.2, -0.15) is 0 Å². The maximum atomic E-state index is 12.6. The zero-order chi connectivity index (χ0) is 14.7. The highest BCUT2D eigenvalue weighted by molar-refractivity contribution is 5.95. The normalized spacial score (nSPS) is 14.1. The summed E-state index contributed by atoms with van der Waals surface area (Å²) in [4.78, 5) is 12.7. The van der Waals surface area contributed by atoms with Gasteiger partial charge in [0, 0.05) is 18.7 Å². The van der Waals surface area contributed by atoms with Gasteiger partial charge in [0.25, 0.3) is 6.43 Å². The van der Waals surface area contributed by atoms with E-state index < -0.39 is 13.0 Å². The third-order valence-corrected chi connectivity index (χ3v) is 3.22. The number of aliphatic hydroxyl groups is 1. The van der Waals surface area contributed by atoms with E-state index in [-0.39, 0.29) is 19.1 Å². The van der Waals surface area contributed by atoms with Crippen molar-refractivity contribution in [2.45, 2.75) is 19.3 Å². The van der Waals surface area contributed by atoms with Gasteiger partial charge in [-0.3, -0.25) is 4.79 Å². The van der Waals surface area contributed by atoms with Crippen molar-refractivity contribution in [2.24, 2.45) is 0 Å². The minimum Gasteiger partial charge on any atom is -0.397 e. The third kappa shape index (κ3) is 3.16. The Morgan fingerprint density at radius 1 is 1.40 bits per heavy atom. The number of nitrogens with two attached hydrogens (primary N) is 1. The smallest absolute Gasteiger partial charge is 0.255 e. The molecule has 1 heterocycles. The zero-order valence-corrected chi connectivity index (χ0v) is 10.9. The Balaban J connectivity index is 2.34. The Labute approximate surface area is 115 Å². The van der Waals surface area contributed by atoms with Gasteiger partial charge in [-0.05, 0) is 24.1 Å². The van der Waals surface area contributed by atoms with Crippen molar-refractivity contribution in [3.05, 3.63) is 17.7 Å². The van der Waals surface area contributed by atoms with E-state index in [0.29, 0.717) is 29.9 Å². The molecule has 0 saturated heterocycles. The van der Waals surface area contributed by atoms with Gasteiger partial charge in [-0.1, -0.05) is 0 Å². The lowest BCUT2D eigenvalue weighted by molar-refractivity contribution is -0.116. The molecule has 0 spiro atoms. The number of anilines is 3. The molecule has 1 aliphatic heterocycles. The van der Waals surface area contributed by atoms with E-state index in [1.807, 2.05) is 0 Å². The van der Waals surface area contributed by atoms with Gasteiger partial charge in [0.2, 0.25) is 5.91 Å². The van der Waals surface area contributed by atoms with Crippen molar-refractivity contribution in [1.29, 1.82) is 0 Å². The van der Waals surface area contributed by atoms with Crippen LogP contribution in [0.3, 0.4) is 0 Å². The maximum absolute atomic E-state index is 12.6. The van der Waals surface area contributed by atoms with Crippen LogP contribution in [-0.4, -0.2) is 37.1 Å². The summed E-state index contributed by atoms with van der Waals surface area (Å²) >= 11 is 0. The summed E-state index contributed by atoms with van der Waals surface area (Å²) in [6, 6.07) is 3.29. The Bertz CT molecular complexity index is 509. The number of aryl methyl sites for hydroxylation is 1. The van der Waals surface area contributed by atoms with E-state index in [1.165, 1.54) is 4.90 Å². The second-order valence-electron chi connectivity index (χ2n) is 4.68. The Hall–Kier alpha value is -1.89. The summed E-state index contributed by atoms with van der Waals surface area (Å²) in [5.41, 5.74) is 8.17. The molecule has 1 aliphatic rings. The van der Waals surface area contributed by atoms with E-state index >= 15 is 0 Å². The lowest BCUT2D eigenvalue weighted by Crippen LogP contribution is -2.32. The lowest BCUT2D eigenvalue weighted by Gasteiger charge is -2.27. The standard InChI is InChI=1S/C13H17F2N3O2/c14-12(15)7-18(3-4-19)11-6-10-8(5-9(11)16)1-2-13(20)17-10/h5-6,12,19H,1-4,7,16H2,(H,17,20). The van der Waals surface area contributed by atoms with Crippen LogP contribution in [0.4, 0.5) is 25.8 Å². The van der Waals surface area contributed by atoms with E-state index in [2.05, 4.69) is 5.32 Å². The molecular formula is C13H17F2N3O2. The largest absolute Gasteiger partial charge is 0.397 e. The first-order valence-corrected chi connectivity index (χ1v) is 6.37. The number of fused-ring (bicyclic) bond motifs is 1. The fourth-order valence-electron chi connectivity index (χ4n) is 2.31. The Morgan fingerprint density at radius 3 is 2.80 bits per heavy atom. The minimum atomic E-state index is -2.54. The molecule has 0 bridgehead atoms. The molecule has 0 saturated carbocycles. The third-order valence-electron chi connectivity index (χ3n) is 3.22. The summed E-state index contributed by atoms with van der Waals surface area (Å²) in [7, 11) is 0. The van der Waals surface area contributed by atoms with Crippen LogP contribution in [0.1, 0.15) is 12.0 Å². The molecule has 110 valence electrons. The molecule has 0 radical (unpaired) electrons. The van der Waals surface area contributed by atoms with Crippen molar-refractivity contribution in [3.63, 3.8) is 0 Å². The van der Waals surface area contributed by atoms with Gasteiger partial charge >= 0.3 is 0 Å². The van der Waals surface area contributed by atoms with Crippen LogP contribution >= 0.6 is 0 Å². The van der Waals surface area contributed by atoms with Gasteiger partial charge in [-0.15, -0.1) is 0 Å². The van der Waals surface area contributed by atoms with Crippen molar-refractivity contribution >= 4 is 23.0 Å². The van der Waals surface area contributed by atoms with Crippen molar-refractivity contribution in [1.82, 2.24) is 0 Å². The van der Waals surface area contributed by atoms with Crippen LogP contribution in [0, 0.1) is 0 Å². The average Bonchev–Trinajstić information content (AvgIpc) is 2.37. The highest BCUT2D eigenvalue weighted by Gasteiger charge is 2.20. The van der Waals surface area contributed by atoms with Crippen molar-refractivity contribution < 1.29 is 18.7 Å². The predicted molar refractivity (Wildman–Crippen MR) is 73.1 cm³/mol. The van der Waals surface area contributed by atoms with E-state index in [9.17, 15) is 13.6 Å². The number of nitrogen functional groups attached to an aromatic ring is 1. The maximum Gasteiger partial charge on any atom is 0.255 e. The molecule has 4 N–H and O–H groups in total. The molecule has 0 aromatic heterocycles. The van der Waals surface area contributed by atoms with Crippen molar-refractivity contribution in [3.8, 4) is 0 Å². The number of aliphatic hydroxyl groups excluding tert-OH is 1. The van der Waals surface area contributed by atoms with Crippen LogP contribution in [0.2, 0.25) is 0 Å². The number of amides is 1. The molecular weight excluding hydrogens is 268 g/mol. The van der Waals surface area contributed by atoms with E-state index in [0.717, 1.165) is 5.56 Å². The number of hydrogen-bond donors (Lipinski definition) is 3. The number of alkyl halides is 2. The fourth-order valence-corrected chi connectivity index (χ4v) is 2.31. The number of nitrogens with zero attached hydrogens (tertiary/aromatic N) is 1. The number of carbonyl (C=O) groups excluding carboxylic acids is 1. The van der Waals surface area contributed by atoms with Gasteiger partial charge in [0.1, 0.15) is 0 Å². The zero-order valence-electron chi connectivity index (χ0n) is 10.9. The summed E-state index contributed by atoms with van der Waals surface area (Å²) < 4.78 is 25.2. The number of halogens is 2. The first-order valence-electron chi connectivity index (χ1n) is 6.37. The van der Waals surface area contributed by atoms with Gasteiger partial charge < -0.3 is 21.1 Å². The van der Waals surface area contributed by atoms with Gasteiger partial charge in [0.05, 0.1) is 24.5 Å². The summed E-state index contributed by atoms with van der Waals surface area (Å²) in [6.07, 6.45) is -1.56. The van der Waals surface area contributed by atoms with Gasteiger partial charge in [0.15, 0.2) is 0 Å². The molecule has 2 rings (SSSR count). The molecule has 20 heavy (non-hydrogen) atoms. The number of benzene rings is 1. The van der Waals surface area contributed by atoms with E-state index in [1.54, 1.807) is 12.1 Å². The van der Waals surface area contributed by atoms with Crippen LogP contribution in [0.5, 0.6) is 0 Å². The summed E-state index contributed by atoms with van der Waals surface area (Å²) in [5, 5.41) is 11.7. The number of rotatable bonds is 5. The Kier molecular flexibility index (Phi) is 4.39. The molecule has 5 nitrogen and oxygen atoms in total. The summed E-state index contributed by atoms with van der Waals surface area (Å²) in [5.74, 6) is -0.101. The first kappa shape index (κ1) is 14.5. The van der Waals surface area contributed by atoms with Gasteiger partial charge in [-0.25, -0.2) is 8.78 Å². The lowest BCUT2D eigenvalue weighted by atomic mass is 10.0. The topological polar surface area (TPSA) is 78.6 Å². The molecule has 1 amide bonds. The van der Waals surface area contributed by atoms with Crippen LogP contribution in [-0.2, 0) is 11.2 Å².